The number of hydrogen-bond donors (Lipinski definition) is 1. The number of nitrogens with two attached hydrogens (primary N) is 1. The first kappa shape index (κ1) is 20.2. The Kier molecular flexibility index (Phi) is 5.37. The molecular weight excluding hydrogens is 408 g/mol. The zero-order chi connectivity index (χ0) is 21.3. The molecule has 12 heteroatoms. The number of aromatic nitrogens is 4. The first-order valence-corrected chi connectivity index (χ1v) is 10.7. The molecular formula is C18H24N8O3S. The van der Waals surface area contributed by atoms with E-state index in [2.05, 4.69) is 20.2 Å². The normalized spacial score (nSPS) is 15.6. The van der Waals surface area contributed by atoms with Gasteiger partial charge in [-0.05, 0) is 12.1 Å². The summed E-state index contributed by atoms with van der Waals surface area (Å²) in [5.74, 6) is 1.28. The Morgan fingerprint density at radius 2 is 1.73 bits per heavy atom. The van der Waals surface area contributed by atoms with Crippen molar-refractivity contribution in [3.63, 3.8) is 0 Å². The molecule has 0 aliphatic carbocycles. The van der Waals surface area contributed by atoms with Crippen LogP contribution in [-0.4, -0.2) is 77.5 Å². The van der Waals surface area contributed by atoms with E-state index in [9.17, 15) is 8.42 Å². The molecule has 2 aromatic heterocycles. The molecule has 30 heavy (non-hydrogen) atoms. The van der Waals surface area contributed by atoms with Gasteiger partial charge < -0.3 is 15.1 Å². The van der Waals surface area contributed by atoms with Crippen molar-refractivity contribution in [3.05, 3.63) is 36.5 Å². The number of hydrogen-bond acceptors (Lipinski definition) is 9. The molecule has 11 nitrogen and oxygen atoms in total. The van der Waals surface area contributed by atoms with Crippen molar-refractivity contribution in [2.75, 3.05) is 50.9 Å². The maximum atomic E-state index is 12.3. The van der Waals surface area contributed by atoms with Crippen molar-refractivity contribution in [2.45, 2.75) is 0 Å². The number of rotatable bonds is 5. The van der Waals surface area contributed by atoms with Crippen LogP contribution >= 0.6 is 0 Å². The third-order valence-electron chi connectivity index (χ3n) is 4.79. The Morgan fingerprint density at radius 3 is 2.40 bits per heavy atom. The monoisotopic (exact) mass is 432 g/mol. The molecule has 0 radical (unpaired) electrons. The second-order valence-corrected chi connectivity index (χ2v) is 9.06. The van der Waals surface area contributed by atoms with E-state index in [-0.39, 0.29) is 13.1 Å². The van der Waals surface area contributed by atoms with Gasteiger partial charge in [0.05, 0.1) is 6.20 Å². The lowest BCUT2D eigenvalue weighted by Crippen LogP contribution is -2.51. The van der Waals surface area contributed by atoms with Crippen LogP contribution < -0.4 is 10.6 Å². The topological polar surface area (TPSA) is 135 Å². The van der Waals surface area contributed by atoms with Gasteiger partial charge >= 0.3 is 0 Å². The minimum atomic E-state index is -3.44. The largest absolute Gasteiger partial charge is 0.414 e. The molecule has 0 amide bonds. The van der Waals surface area contributed by atoms with Gasteiger partial charge in [0, 0.05) is 47.3 Å². The molecule has 1 aliphatic rings. The summed E-state index contributed by atoms with van der Waals surface area (Å²) in [6, 6.07) is 9.39. The first-order chi connectivity index (χ1) is 14.4. The molecule has 4 rings (SSSR count). The quantitative estimate of drug-likeness (QED) is 0.625. The van der Waals surface area contributed by atoms with Gasteiger partial charge in [0.15, 0.2) is 11.5 Å². The standard InChI is InChI=1S/C18H22N8O3S.H2/c1-24(2)30(27,28)26-10-8-25(9-11-26)14-12-20-16(19)15(21-14)18-23-22-17(29-18)13-6-4-3-5-7-13;/h3-7,12H,8-11H2,1-2H3,(H2,19,20);1H. The Labute approximate surface area is 175 Å². The first-order valence-electron chi connectivity index (χ1n) is 9.30. The van der Waals surface area contributed by atoms with E-state index in [1.807, 2.05) is 35.2 Å². The molecule has 0 bridgehead atoms. The fourth-order valence-corrected chi connectivity index (χ4v) is 4.18. The van der Waals surface area contributed by atoms with Gasteiger partial charge in [0.25, 0.3) is 16.1 Å². The minimum absolute atomic E-state index is 0. The van der Waals surface area contributed by atoms with Crippen molar-refractivity contribution in [3.8, 4) is 23.0 Å². The third-order valence-corrected chi connectivity index (χ3v) is 6.73. The highest BCUT2D eigenvalue weighted by atomic mass is 32.2. The van der Waals surface area contributed by atoms with E-state index in [1.165, 1.54) is 22.7 Å². The van der Waals surface area contributed by atoms with Crippen molar-refractivity contribution >= 4 is 21.8 Å². The van der Waals surface area contributed by atoms with Gasteiger partial charge in [-0.15, -0.1) is 10.2 Å². The van der Waals surface area contributed by atoms with E-state index in [4.69, 9.17) is 10.2 Å². The molecule has 2 N–H and O–H groups in total. The lowest BCUT2D eigenvalue weighted by molar-refractivity contribution is 0.355. The Hall–Kier alpha value is -3.09. The van der Waals surface area contributed by atoms with E-state index in [0.29, 0.717) is 43.6 Å². The molecule has 0 spiro atoms. The van der Waals surface area contributed by atoms with Gasteiger partial charge in [0.1, 0.15) is 5.82 Å². The summed E-state index contributed by atoms with van der Waals surface area (Å²) < 4.78 is 33.0. The number of nitrogens with zero attached hydrogens (tertiary/aromatic N) is 7. The van der Waals surface area contributed by atoms with Crippen LogP contribution in [0.4, 0.5) is 11.6 Å². The van der Waals surface area contributed by atoms with Crippen molar-refractivity contribution in [1.29, 1.82) is 0 Å². The number of anilines is 2. The predicted octanol–water partition coefficient (Wildman–Crippen LogP) is 0.950. The molecule has 0 saturated carbocycles. The highest BCUT2D eigenvalue weighted by molar-refractivity contribution is 7.86. The predicted molar refractivity (Wildman–Crippen MR) is 114 cm³/mol. The average molecular weight is 433 g/mol. The highest BCUT2D eigenvalue weighted by Gasteiger charge is 2.29. The van der Waals surface area contributed by atoms with Crippen molar-refractivity contribution in [1.82, 2.24) is 28.8 Å². The summed E-state index contributed by atoms with van der Waals surface area (Å²) in [4.78, 5) is 10.7. The summed E-state index contributed by atoms with van der Waals surface area (Å²) in [5, 5.41) is 8.13. The molecule has 1 aliphatic heterocycles. The second-order valence-electron chi connectivity index (χ2n) is 6.92. The number of piperazine rings is 1. The van der Waals surface area contributed by atoms with Crippen LogP contribution in [0.5, 0.6) is 0 Å². The summed E-state index contributed by atoms with van der Waals surface area (Å²) in [7, 11) is -0.394. The fourth-order valence-electron chi connectivity index (χ4n) is 3.09. The van der Waals surface area contributed by atoms with Gasteiger partial charge in [-0.3, -0.25) is 0 Å². The summed E-state index contributed by atoms with van der Waals surface area (Å²) in [6.45, 7) is 1.65. The second kappa shape index (κ2) is 7.97. The van der Waals surface area contributed by atoms with Crippen LogP contribution in [0, 0.1) is 0 Å². The lowest BCUT2D eigenvalue weighted by atomic mass is 10.2. The van der Waals surface area contributed by atoms with E-state index in [1.54, 1.807) is 6.20 Å². The van der Waals surface area contributed by atoms with Gasteiger partial charge in [0.2, 0.25) is 5.89 Å². The minimum Gasteiger partial charge on any atom is -0.414 e. The molecule has 0 unspecified atom stereocenters. The summed E-state index contributed by atoms with van der Waals surface area (Å²) >= 11 is 0. The zero-order valence-corrected chi connectivity index (χ0v) is 17.4. The van der Waals surface area contributed by atoms with Crippen LogP contribution in [-0.2, 0) is 10.2 Å². The third kappa shape index (κ3) is 3.84. The van der Waals surface area contributed by atoms with E-state index < -0.39 is 10.2 Å². The summed E-state index contributed by atoms with van der Waals surface area (Å²) in [6.07, 6.45) is 1.56. The van der Waals surface area contributed by atoms with Gasteiger partial charge in [-0.25, -0.2) is 9.97 Å². The molecule has 160 valence electrons. The Morgan fingerprint density at radius 1 is 1.07 bits per heavy atom. The summed E-state index contributed by atoms with van der Waals surface area (Å²) in [5.41, 5.74) is 7.08. The molecule has 1 aromatic carbocycles. The lowest BCUT2D eigenvalue weighted by Gasteiger charge is -2.35. The van der Waals surface area contributed by atoms with Crippen molar-refractivity contribution < 1.29 is 14.3 Å². The molecule has 3 aromatic rings. The van der Waals surface area contributed by atoms with Crippen LogP contribution in [0.25, 0.3) is 23.0 Å². The van der Waals surface area contributed by atoms with Crippen LogP contribution in [0.2, 0.25) is 0 Å². The number of benzene rings is 1. The van der Waals surface area contributed by atoms with Gasteiger partial charge in [-0.2, -0.15) is 17.0 Å². The molecule has 3 heterocycles. The smallest absolute Gasteiger partial charge is 0.281 e. The maximum absolute atomic E-state index is 12.3. The van der Waals surface area contributed by atoms with Crippen LogP contribution in [0.3, 0.4) is 0 Å². The van der Waals surface area contributed by atoms with Crippen LogP contribution in [0.1, 0.15) is 1.43 Å². The maximum Gasteiger partial charge on any atom is 0.281 e. The highest BCUT2D eigenvalue weighted by Crippen LogP contribution is 2.27. The Balaban J connectivity index is 0.00000272. The zero-order valence-electron chi connectivity index (χ0n) is 16.6. The molecule has 1 saturated heterocycles. The number of nitrogen functional groups attached to an aromatic ring is 1. The van der Waals surface area contributed by atoms with Crippen LogP contribution in [0.15, 0.2) is 40.9 Å². The SMILES string of the molecule is CN(C)S(=O)(=O)N1CCN(c2cnc(N)c(-c3nnc(-c4ccccc4)o3)n2)CC1.[HH]. The van der Waals surface area contributed by atoms with Crippen molar-refractivity contribution in [2.24, 2.45) is 0 Å². The Bertz CT molecular complexity index is 1130. The van der Waals surface area contributed by atoms with E-state index >= 15 is 0 Å². The fraction of sp³-hybridized carbons (Fsp3) is 0.333. The van der Waals surface area contributed by atoms with E-state index in [0.717, 1.165) is 5.56 Å². The molecule has 1 fully saturated rings. The molecule has 0 atom stereocenters. The van der Waals surface area contributed by atoms with Gasteiger partial charge in [-0.1, -0.05) is 18.2 Å². The average Bonchev–Trinajstić information content (AvgIpc) is 3.25.